The Morgan fingerprint density at radius 1 is 1.37 bits per heavy atom. The smallest absolute Gasteiger partial charge is 0.307 e. The molecule has 19 heavy (non-hydrogen) atoms. The number of hydrogen-bond acceptors (Lipinski definition) is 4. The van der Waals surface area contributed by atoms with E-state index in [1.54, 1.807) is 0 Å². The molecule has 0 bridgehead atoms. The monoisotopic (exact) mass is 267 g/mol. The zero-order chi connectivity index (χ0) is 14.4. The Kier molecular flexibility index (Phi) is 5.63. The molecular formula is C14H21NO4. The third-order valence-corrected chi connectivity index (χ3v) is 3.40. The van der Waals surface area contributed by atoms with Gasteiger partial charge in [0.1, 0.15) is 11.5 Å². The van der Waals surface area contributed by atoms with E-state index < -0.39 is 11.9 Å². The van der Waals surface area contributed by atoms with Gasteiger partial charge in [-0.05, 0) is 42.5 Å². The number of benzene rings is 1. The van der Waals surface area contributed by atoms with Crippen LogP contribution in [0.15, 0.2) is 18.2 Å². The number of hydrogen-bond donors (Lipinski definition) is 4. The maximum atomic E-state index is 11.0. The number of rotatable bonds is 7. The predicted octanol–water partition coefficient (Wildman–Crippen LogP) is 1.72. The number of aromatic hydroxyl groups is 2. The SMILES string of the molecule is CCC(Cc1cc(O)ccc1O)CC(CN)C(=O)O. The van der Waals surface area contributed by atoms with Crippen LogP contribution in [0.1, 0.15) is 25.3 Å². The number of carbonyl (C=O) groups is 1. The van der Waals surface area contributed by atoms with Gasteiger partial charge in [-0.2, -0.15) is 0 Å². The number of nitrogens with two attached hydrogens (primary N) is 1. The van der Waals surface area contributed by atoms with Crippen molar-refractivity contribution < 1.29 is 20.1 Å². The maximum absolute atomic E-state index is 11.0. The quantitative estimate of drug-likeness (QED) is 0.563. The highest BCUT2D eigenvalue weighted by Gasteiger charge is 2.21. The van der Waals surface area contributed by atoms with Crippen LogP contribution in [0.3, 0.4) is 0 Å². The molecule has 0 aliphatic rings. The molecule has 0 heterocycles. The second kappa shape index (κ2) is 6.99. The summed E-state index contributed by atoms with van der Waals surface area (Å²) in [5.74, 6) is -1.13. The fraction of sp³-hybridized carbons (Fsp3) is 0.500. The van der Waals surface area contributed by atoms with Crippen LogP contribution in [0.2, 0.25) is 0 Å². The summed E-state index contributed by atoms with van der Waals surface area (Å²) in [4.78, 5) is 11.0. The topological polar surface area (TPSA) is 104 Å². The first-order valence-corrected chi connectivity index (χ1v) is 6.41. The fourth-order valence-corrected chi connectivity index (χ4v) is 2.14. The van der Waals surface area contributed by atoms with Gasteiger partial charge in [0.15, 0.2) is 0 Å². The Bertz CT molecular complexity index is 433. The zero-order valence-corrected chi connectivity index (χ0v) is 11.0. The Hall–Kier alpha value is -1.75. The van der Waals surface area contributed by atoms with Crippen LogP contribution >= 0.6 is 0 Å². The summed E-state index contributed by atoms with van der Waals surface area (Å²) < 4.78 is 0. The average Bonchev–Trinajstić information content (AvgIpc) is 2.37. The van der Waals surface area contributed by atoms with Crippen LogP contribution in [0.4, 0.5) is 0 Å². The van der Waals surface area contributed by atoms with Gasteiger partial charge in [-0.15, -0.1) is 0 Å². The van der Waals surface area contributed by atoms with Crippen LogP contribution in [-0.4, -0.2) is 27.8 Å². The normalized spacial score (nSPS) is 14.0. The van der Waals surface area contributed by atoms with Crippen molar-refractivity contribution in [3.63, 3.8) is 0 Å². The Morgan fingerprint density at radius 3 is 2.58 bits per heavy atom. The van der Waals surface area contributed by atoms with Crippen molar-refractivity contribution in [3.05, 3.63) is 23.8 Å². The zero-order valence-electron chi connectivity index (χ0n) is 11.0. The summed E-state index contributed by atoms with van der Waals surface area (Å²) in [6, 6.07) is 4.37. The van der Waals surface area contributed by atoms with Crippen LogP contribution in [0.25, 0.3) is 0 Å². The Labute approximate surface area is 112 Å². The third kappa shape index (κ3) is 4.44. The predicted molar refractivity (Wildman–Crippen MR) is 72.1 cm³/mol. The molecule has 1 rings (SSSR count). The van der Waals surface area contributed by atoms with Gasteiger partial charge in [-0.1, -0.05) is 13.3 Å². The largest absolute Gasteiger partial charge is 0.508 e. The van der Waals surface area contributed by atoms with Gasteiger partial charge >= 0.3 is 5.97 Å². The van der Waals surface area contributed by atoms with E-state index in [-0.39, 0.29) is 24.0 Å². The summed E-state index contributed by atoms with van der Waals surface area (Å²) in [5, 5.41) is 28.2. The van der Waals surface area contributed by atoms with E-state index in [0.717, 1.165) is 6.42 Å². The van der Waals surface area contributed by atoms with Gasteiger partial charge in [0, 0.05) is 6.54 Å². The molecule has 0 aromatic heterocycles. The molecule has 1 aromatic rings. The molecule has 5 heteroatoms. The van der Waals surface area contributed by atoms with E-state index in [0.29, 0.717) is 18.4 Å². The molecule has 2 atom stereocenters. The fourth-order valence-electron chi connectivity index (χ4n) is 2.14. The summed E-state index contributed by atoms with van der Waals surface area (Å²) in [5.41, 5.74) is 6.09. The summed E-state index contributed by atoms with van der Waals surface area (Å²) in [6.07, 6.45) is 1.79. The molecule has 1 aromatic carbocycles. The second-order valence-corrected chi connectivity index (χ2v) is 4.80. The lowest BCUT2D eigenvalue weighted by Gasteiger charge is -2.19. The van der Waals surface area contributed by atoms with Gasteiger partial charge < -0.3 is 21.1 Å². The summed E-state index contributed by atoms with van der Waals surface area (Å²) >= 11 is 0. The van der Waals surface area contributed by atoms with Crippen LogP contribution < -0.4 is 5.73 Å². The van der Waals surface area contributed by atoms with E-state index in [4.69, 9.17) is 10.8 Å². The maximum Gasteiger partial charge on any atom is 0.307 e. The molecule has 106 valence electrons. The molecule has 0 saturated heterocycles. The molecule has 5 nitrogen and oxygen atoms in total. The van der Waals surface area contributed by atoms with E-state index in [9.17, 15) is 15.0 Å². The molecule has 5 N–H and O–H groups in total. The third-order valence-electron chi connectivity index (χ3n) is 3.40. The lowest BCUT2D eigenvalue weighted by atomic mass is 9.87. The van der Waals surface area contributed by atoms with Crippen molar-refractivity contribution in [1.82, 2.24) is 0 Å². The first-order chi connectivity index (χ1) is 8.97. The second-order valence-electron chi connectivity index (χ2n) is 4.80. The van der Waals surface area contributed by atoms with E-state index in [1.165, 1.54) is 18.2 Å². The van der Waals surface area contributed by atoms with E-state index >= 15 is 0 Å². The number of carboxylic acid groups (broad SMARTS) is 1. The van der Waals surface area contributed by atoms with Crippen molar-refractivity contribution in [3.8, 4) is 11.5 Å². The Morgan fingerprint density at radius 2 is 2.05 bits per heavy atom. The minimum atomic E-state index is -0.888. The molecule has 0 fully saturated rings. The van der Waals surface area contributed by atoms with Gasteiger partial charge in [-0.3, -0.25) is 4.79 Å². The van der Waals surface area contributed by atoms with E-state index in [1.807, 2.05) is 6.92 Å². The summed E-state index contributed by atoms with van der Waals surface area (Å²) in [7, 11) is 0. The Balaban J connectivity index is 2.76. The van der Waals surface area contributed by atoms with Gasteiger partial charge in [0.05, 0.1) is 5.92 Å². The van der Waals surface area contributed by atoms with Gasteiger partial charge in [0.25, 0.3) is 0 Å². The first-order valence-electron chi connectivity index (χ1n) is 6.41. The highest BCUT2D eigenvalue weighted by atomic mass is 16.4. The average molecular weight is 267 g/mol. The van der Waals surface area contributed by atoms with Crippen molar-refractivity contribution in [2.45, 2.75) is 26.2 Å². The highest BCUT2D eigenvalue weighted by molar-refractivity contribution is 5.70. The molecule has 0 aliphatic carbocycles. The van der Waals surface area contributed by atoms with E-state index in [2.05, 4.69) is 0 Å². The van der Waals surface area contributed by atoms with Crippen LogP contribution in [-0.2, 0) is 11.2 Å². The first kappa shape index (κ1) is 15.3. The molecule has 0 saturated carbocycles. The van der Waals surface area contributed by atoms with Gasteiger partial charge in [-0.25, -0.2) is 0 Å². The number of phenolic OH excluding ortho intramolecular Hbond substituents is 2. The number of carboxylic acids is 1. The molecule has 0 aliphatic heterocycles. The van der Waals surface area contributed by atoms with Crippen LogP contribution in [0.5, 0.6) is 11.5 Å². The molecule has 0 radical (unpaired) electrons. The highest BCUT2D eigenvalue weighted by Crippen LogP contribution is 2.28. The molecule has 0 spiro atoms. The van der Waals surface area contributed by atoms with Crippen LogP contribution in [0, 0.1) is 11.8 Å². The minimum absolute atomic E-state index is 0.0938. The minimum Gasteiger partial charge on any atom is -0.508 e. The van der Waals surface area contributed by atoms with Crippen molar-refractivity contribution >= 4 is 5.97 Å². The van der Waals surface area contributed by atoms with Crippen molar-refractivity contribution in [1.29, 1.82) is 0 Å². The standard InChI is InChI=1S/C14H21NO4/c1-2-9(6-11(8-15)14(18)19)5-10-7-12(16)3-4-13(10)17/h3-4,7,9,11,16-17H,2,5-6,8,15H2,1H3,(H,18,19). The van der Waals surface area contributed by atoms with Gasteiger partial charge in [0.2, 0.25) is 0 Å². The molecular weight excluding hydrogens is 246 g/mol. The van der Waals surface area contributed by atoms with Crippen molar-refractivity contribution in [2.75, 3.05) is 6.54 Å². The van der Waals surface area contributed by atoms with Crippen molar-refractivity contribution in [2.24, 2.45) is 17.6 Å². The lowest BCUT2D eigenvalue weighted by Crippen LogP contribution is -2.26. The number of aliphatic carboxylic acids is 1. The molecule has 0 amide bonds. The number of phenols is 2. The molecule has 2 unspecified atom stereocenters. The summed E-state index contributed by atoms with van der Waals surface area (Å²) in [6.45, 7) is 2.08. The lowest BCUT2D eigenvalue weighted by molar-refractivity contribution is -0.142.